The van der Waals surface area contributed by atoms with Gasteiger partial charge in [0.25, 0.3) is 0 Å². The van der Waals surface area contributed by atoms with E-state index >= 15 is 0 Å². The highest BCUT2D eigenvalue weighted by molar-refractivity contribution is 7.47. The van der Waals surface area contributed by atoms with Crippen LogP contribution < -0.4 is 0 Å². The predicted molar refractivity (Wildman–Crippen MR) is 54.6 cm³/mol. The summed E-state index contributed by atoms with van der Waals surface area (Å²) in [4.78, 5) is 0. The molecule has 0 aromatic heterocycles. The Hall–Kier alpha value is 0.350. The standard InChI is InChI=1S/C9H21O2P/c1-4-7-8-9-12(10-5-2)11-6-3/h4-9H2,1-3H3. The molecule has 2 nitrogen and oxygen atoms in total. The highest BCUT2D eigenvalue weighted by Gasteiger charge is 2.07. The lowest BCUT2D eigenvalue weighted by atomic mass is 10.3. The van der Waals surface area contributed by atoms with Crippen molar-refractivity contribution in [1.29, 1.82) is 0 Å². The highest BCUT2D eigenvalue weighted by atomic mass is 31.2. The molecule has 3 heteroatoms. The summed E-state index contributed by atoms with van der Waals surface area (Å²) in [7, 11) is -0.572. The van der Waals surface area contributed by atoms with E-state index in [9.17, 15) is 0 Å². The maximum atomic E-state index is 5.47. The van der Waals surface area contributed by atoms with E-state index in [2.05, 4.69) is 6.92 Å². The summed E-state index contributed by atoms with van der Waals surface area (Å²) in [6.45, 7) is 7.81. The first-order valence-corrected chi connectivity index (χ1v) is 6.24. The van der Waals surface area contributed by atoms with Crippen molar-refractivity contribution in [3.8, 4) is 0 Å². The van der Waals surface area contributed by atoms with Crippen molar-refractivity contribution < 1.29 is 9.05 Å². The fourth-order valence-corrected chi connectivity index (χ4v) is 2.34. The van der Waals surface area contributed by atoms with E-state index < -0.39 is 8.38 Å². The Kier molecular flexibility index (Phi) is 9.71. The van der Waals surface area contributed by atoms with Crippen LogP contribution in [0.5, 0.6) is 0 Å². The second kappa shape index (κ2) is 9.44. The molecule has 0 bridgehead atoms. The van der Waals surface area contributed by atoms with Crippen LogP contribution in [0.25, 0.3) is 0 Å². The van der Waals surface area contributed by atoms with Gasteiger partial charge < -0.3 is 9.05 Å². The predicted octanol–water partition coefficient (Wildman–Crippen LogP) is 3.56. The Morgan fingerprint density at radius 2 is 1.50 bits per heavy atom. The smallest absolute Gasteiger partial charge is 0.170 e. The van der Waals surface area contributed by atoms with Gasteiger partial charge in [-0.1, -0.05) is 19.8 Å². The largest absolute Gasteiger partial charge is 0.334 e. The van der Waals surface area contributed by atoms with Gasteiger partial charge in [-0.2, -0.15) is 0 Å². The molecule has 0 heterocycles. The SMILES string of the molecule is CCCCCP(OCC)OCC. The average Bonchev–Trinajstić information content (AvgIpc) is 2.06. The first-order valence-electron chi connectivity index (χ1n) is 4.88. The molecule has 0 fully saturated rings. The van der Waals surface area contributed by atoms with Crippen LogP contribution in [0.1, 0.15) is 40.0 Å². The summed E-state index contributed by atoms with van der Waals surface area (Å²) < 4.78 is 10.9. The van der Waals surface area contributed by atoms with E-state index in [4.69, 9.17) is 9.05 Å². The van der Waals surface area contributed by atoms with Crippen LogP contribution >= 0.6 is 8.38 Å². The number of hydrogen-bond donors (Lipinski definition) is 0. The third kappa shape index (κ3) is 7.02. The van der Waals surface area contributed by atoms with Crippen LogP contribution in [0.3, 0.4) is 0 Å². The number of rotatable bonds is 8. The third-order valence-electron chi connectivity index (χ3n) is 1.49. The molecule has 0 aliphatic carbocycles. The minimum Gasteiger partial charge on any atom is -0.334 e. The van der Waals surface area contributed by atoms with Gasteiger partial charge in [0.05, 0.1) is 13.2 Å². The Labute approximate surface area is 77.6 Å². The summed E-state index contributed by atoms with van der Waals surface area (Å²) in [5.41, 5.74) is 0. The van der Waals surface area contributed by atoms with E-state index in [0.717, 1.165) is 19.4 Å². The van der Waals surface area contributed by atoms with E-state index in [1.54, 1.807) is 0 Å². The van der Waals surface area contributed by atoms with E-state index in [1.165, 1.54) is 19.3 Å². The van der Waals surface area contributed by atoms with Crippen molar-refractivity contribution >= 4 is 8.38 Å². The topological polar surface area (TPSA) is 18.5 Å². The Bertz CT molecular complexity index is 82.6. The van der Waals surface area contributed by atoms with Gasteiger partial charge >= 0.3 is 0 Å². The summed E-state index contributed by atoms with van der Waals surface area (Å²) >= 11 is 0. The van der Waals surface area contributed by atoms with Crippen LogP contribution in [0, 0.1) is 0 Å². The van der Waals surface area contributed by atoms with E-state index in [-0.39, 0.29) is 0 Å². The molecule has 0 rings (SSSR count). The second-order valence-electron chi connectivity index (χ2n) is 2.60. The fourth-order valence-electron chi connectivity index (χ4n) is 0.945. The Morgan fingerprint density at radius 1 is 0.917 bits per heavy atom. The van der Waals surface area contributed by atoms with Gasteiger partial charge in [-0.25, -0.2) is 0 Å². The Balaban J connectivity index is 3.34. The molecule has 0 amide bonds. The maximum Gasteiger partial charge on any atom is 0.170 e. The summed E-state index contributed by atoms with van der Waals surface area (Å²) in [6.07, 6.45) is 4.90. The fraction of sp³-hybridized carbons (Fsp3) is 1.00. The molecule has 0 spiro atoms. The molecule has 0 saturated heterocycles. The van der Waals surface area contributed by atoms with Crippen molar-refractivity contribution in [2.75, 3.05) is 19.4 Å². The highest BCUT2D eigenvalue weighted by Crippen LogP contribution is 2.38. The zero-order valence-electron chi connectivity index (χ0n) is 8.51. The van der Waals surface area contributed by atoms with Gasteiger partial charge in [-0.05, 0) is 20.3 Å². The van der Waals surface area contributed by atoms with Gasteiger partial charge in [0.15, 0.2) is 8.38 Å². The van der Waals surface area contributed by atoms with Crippen LogP contribution in [-0.2, 0) is 9.05 Å². The van der Waals surface area contributed by atoms with Crippen molar-refractivity contribution in [3.63, 3.8) is 0 Å². The zero-order chi connectivity index (χ0) is 9.23. The van der Waals surface area contributed by atoms with Crippen molar-refractivity contribution in [3.05, 3.63) is 0 Å². The minimum atomic E-state index is -0.572. The van der Waals surface area contributed by atoms with Gasteiger partial charge in [-0.15, -0.1) is 0 Å². The van der Waals surface area contributed by atoms with Gasteiger partial charge in [0.1, 0.15) is 0 Å². The van der Waals surface area contributed by atoms with Gasteiger partial charge in [0.2, 0.25) is 0 Å². The first-order chi connectivity index (χ1) is 5.85. The second-order valence-corrected chi connectivity index (χ2v) is 4.23. The lowest BCUT2D eigenvalue weighted by molar-refractivity contribution is 0.269. The summed E-state index contributed by atoms with van der Waals surface area (Å²) in [5, 5.41) is 0. The summed E-state index contributed by atoms with van der Waals surface area (Å²) in [5.74, 6) is 0. The molecule has 0 aliphatic heterocycles. The average molecular weight is 192 g/mol. The molecule has 0 aliphatic rings. The van der Waals surface area contributed by atoms with Crippen LogP contribution in [0.15, 0.2) is 0 Å². The van der Waals surface area contributed by atoms with Gasteiger partial charge in [-0.3, -0.25) is 0 Å². The van der Waals surface area contributed by atoms with Crippen LogP contribution in [0.4, 0.5) is 0 Å². The molecule has 0 aromatic carbocycles. The first kappa shape index (κ1) is 12.3. The molecule has 0 aromatic rings. The van der Waals surface area contributed by atoms with Crippen molar-refractivity contribution in [1.82, 2.24) is 0 Å². The van der Waals surface area contributed by atoms with Crippen molar-refractivity contribution in [2.45, 2.75) is 40.0 Å². The maximum absolute atomic E-state index is 5.47. The monoisotopic (exact) mass is 192 g/mol. The van der Waals surface area contributed by atoms with Gasteiger partial charge in [0, 0.05) is 6.16 Å². The minimum absolute atomic E-state index is 0.572. The molecule has 0 atom stereocenters. The third-order valence-corrected chi connectivity index (χ3v) is 3.26. The van der Waals surface area contributed by atoms with E-state index in [1.807, 2.05) is 13.8 Å². The molecular formula is C9H21O2P. The molecule has 74 valence electrons. The summed E-state index contributed by atoms with van der Waals surface area (Å²) in [6, 6.07) is 0. The lowest BCUT2D eigenvalue weighted by Crippen LogP contribution is -1.95. The molecule has 12 heavy (non-hydrogen) atoms. The normalized spacial score (nSPS) is 11.0. The quantitative estimate of drug-likeness (QED) is 0.432. The van der Waals surface area contributed by atoms with E-state index in [0.29, 0.717) is 0 Å². The molecule has 0 N–H and O–H groups in total. The lowest BCUT2D eigenvalue weighted by Gasteiger charge is -2.14. The zero-order valence-corrected chi connectivity index (χ0v) is 9.40. The Morgan fingerprint density at radius 3 is 1.92 bits per heavy atom. The van der Waals surface area contributed by atoms with Crippen LogP contribution in [-0.4, -0.2) is 19.4 Å². The van der Waals surface area contributed by atoms with Crippen LogP contribution in [0.2, 0.25) is 0 Å². The molecular weight excluding hydrogens is 171 g/mol. The molecule has 0 radical (unpaired) electrons. The molecule has 0 saturated carbocycles. The molecule has 0 unspecified atom stereocenters. The number of unbranched alkanes of at least 4 members (excludes halogenated alkanes) is 2. The number of hydrogen-bond acceptors (Lipinski definition) is 2. The van der Waals surface area contributed by atoms with Crippen molar-refractivity contribution in [2.24, 2.45) is 0 Å².